The lowest BCUT2D eigenvalue weighted by Crippen LogP contribution is -2.44. The Kier molecular flexibility index (Phi) is 4.67. The SMILES string of the molecule is C[C@@H]1CC(B2OC(C)(C)C(C)(C)O2)=C[C@H](C)N1Cc1ccccc1. The smallest absolute Gasteiger partial charge is 0.400 e. The summed E-state index contributed by atoms with van der Waals surface area (Å²) in [5, 5.41) is 0. The van der Waals surface area contributed by atoms with E-state index in [0.717, 1.165) is 13.0 Å². The van der Waals surface area contributed by atoms with Crippen molar-refractivity contribution in [2.45, 2.75) is 77.8 Å². The lowest BCUT2D eigenvalue weighted by atomic mass is 9.72. The van der Waals surface area contributed by atoms with Gasteiger partial charge < -0.3 is 9.31 Å². The Bertz CT molecular complexity index is 595. The van der Waals surface area contributed by atoms with Gasteiger partial charge in [0.15, 0.2) is 0 Å². The summed E-state index contributed by atoms with van der Waals surface area (Å²) < 4.78 is 12.5. The average Bonchev–Trinajstić information content (AvgIpc) is 2.72. The second-order valence-corrected chi connectivity index (χ2v) is 8.28. The van der Waals surface area contributed by atoms with E-state index in [2.05, 4.69) is 82.9 Å². The Hall–Kier alpha value is -1.10. The van der Waals surface area contributed by atoms with Gasteiger partial charge in [-0.1, -0.05) is 36.4 Å². The van der Waals surface area contributed by atoms with Crippen LogP contribution in [0.25, 0.3) is 0 Å². The molecule has 1 aromatic carbocycles. The first-order chi connectivity index (χ1) is 11.2. The van der Waals surface area contributed by atoms with Crippen molar-refractivity contribution in [3.05, 3.63) is 47.4 Å². The molecule has 4 heteroatoms. The maximum atomic E-state index is 6.24. The molecule has 0 bridgehead atoms. The first-order valence-electron chi connectivity index (χ1n) is 9.05. The minimum atomic E-state index is -0.272. The van der Waals surface area contributed by atoms with Gasteiger partial charge in [-0.3, -0.25) is 4.90 Å². The fraction of sp³-hybridized carbons (Fsp3) is 0.600. The van der Waals surface area contributed by atoms with Gasteiger partial charge in [-0.15, -0.1) is 0 Å². The molecule has 0 aromatic heterocycles. The fourth-order valence-corrected chi connectivity index (χ4v) is 3.60. The Labute approximate surface area is 147 Å². The Morgan fingerprint density at radius 2 is 1.62 bits per heavy atom. The van der Waals surface area contributed by atoms with Crippen LogP contribution in [0.2, 0.25) is 0 Å². The summed E-state index contributed by atoms with van der Waals surface area (Å²) in [5.74, 6) is 0. The van der Waals surface area contributed by atoms with Crippen LogP contribution in [0, 0.1) is 0 Å². The highest BCUT2D eigenvalue weighted by atomic mass is 16.7. The van der Waals surface area contributed by atoms with Crippen molar-refractivity contribution in [3.8, 4) is 0 Å². The van der Waals surface area contributed by atoms with Crippen molar-refractivity contribution in [2.24, 2.45) is 0 Å². The van der Waals surface area contributed by atoms with Crippen LogP contribution < -0.4 is 0 Å². The summed E-state index contributed by atoms with van der Waals surface area (Å²) in [4.78, 5) is 2.55. The van der Waals surface area contributed by atoms with Crippen LogP contribution in [-0.2, 0) is 15.9 Å². The number of hydrogen-bond donors (Lipinski definition) is 0. The Morgan fingerprint density at radius 3 is 2.17 bits per heavy atom. The molecule has 1 fully saturated rings. The number of benzene rings is 1. The second-order valence-electron chi connectivity index (χ2n) is 8.28. The van der Waals surface area contributed by atoms with E-state index >= 15 is 0 Å². The molecule has 1 aromatic rings. The van der Waals surface area contributed by atoms with E-state index in [1.807, 2.05) is 0 Å². The van der Waals surface area contributed by atoms with E-state index < -0.39 is 0 Å². The molecule has 3 nitrogen and oxygen atoms in total. The van der Waals surface area contributed by atoms with E-state index in [9.17, 15) is 0 Å². The van der Waals surface area contributed by atoms with Crippen molar-refractivity contribution in [1.29, 1.82) is 0 Å². The number of nitrogens with zero attached hydrogens (tertiary/aromatic N) is 1. The van der Waals surface area contributed by atoms with Gasteiger partial charge in [-0.2, -0.15) is 0 Å². The molecule has 2 atom stereocenters. The standard InChI is InChI=1S/C20H30BNO2/c1-15-12-18(21-23-19(3,4)20(5,6)24-21)13-16(2)22(15)14-17-10-8-7-9-11-17/h7-12,15-16H,13-14H2,1-6H3/t15-,16+/m0/s1. The van der Waals surface area contributed by atoms with Gasteiger partial charge >= 0.3 is 7.12 Å². The molecule has 0 aliphatic carbocycles. The molecule has 130 valence electrons. The lowest BCUT2D eigenvalue weighted by Gasteiger charge is -2.38. The van der Waals surface area contributed by atoms with Gasteiger partial charge in [0, 0.05) is 18.6 Å². The van der Waals surface area contributed by atoms with Gasteiger partial charge in [0.1, 0.15) is 0 Å². The van der Waals surface area contributed by atoms with Crippen LogP contribution in [0.5, 0.6) is 0 Å². The minimum Gasteiger partial charge on any atom is -0.400 e. The molecule has 2 heterocycles. The summed E-state index contributed by atoms with van der Waals surface area (Å²) >= 11 is 0. The van der Waals surface area contributed by atoms with Gasteiger partial charge in [-0.05, 0) is 59.0 Å². The molecule has 2 aliphatic heterocycles. The molecule has 0 amide bonds. The largest absolute Gasteiger partial charge is 0.490 e. The maximum Gasteiger partial charge on any atom is 0.490 e. The molecule has 0 unspecified atom stereocenters. The van der Waals surface area contributed by atoms with Crippen LogP contribution >= 0.6 is 0 Å². The normalized spacial score (nSPS) is 29.6. The quantitative estimate of drug-likeness (QED) is 0.776. The molecule has 0 saturated carbocycles. The molecule has 24 heavy (non-hydrogen) atoms. The van der Waals surface area contributed by atoms with E-state index in [4.69, 9.17) is 9.31 Å². The van der Waals surface area contributed by atoms with Gasteiger partial charge in [0.05, 0.1) is 11.2 Å². The second kappa shape index (κ2) is 6.32. The zero-order valence-corrected chi connectivity index (χ0v) is 15.9. The first-order valence-corrected chi connectivity index (χ1v) is 9.05. The molecule has 3 rings (SSSR count). The molecule has 0 spiro atoms. The summed E-state index contributed by atoms with van der Waals surface area (Å²) in [6.07, 6.45) is 3.33. The first kappa shape index (κ1) is 17.7. The van der Waals surface area contributed by atoms with E-state index in [0.29, 0.717) is 12.1 Å². The van der Waals surface area contributed by atoms with Crippen LogP contribution in [0.1, 0.15) is 53.5 Å². The summed E-state index contributed by atoms with van der Waals surface area (Å²) in [6.45, 7) is 14.0. The van der Waals surface area contributed by atoms with Crippen molar-refractivity contribution in [2.75, 3.05) is 0 Å². The van der Waals surface area contributed by atoms with Gasteiger partial charge in [0.2, 0.25) is 0 Å². The number of hydrogen-bond acceptors (Lipinski definition) is 3. The van der Waals surface area contributed by atoms with Crippen molar-refractivity contribution < 1.29 is 9.31 Å². The zero-order valence-electron chi connectivity index (χ0n) is 15.9. The molecule has 1 saturated heterocycles. The zero-order chi connectivity index (χ0) is 17.5. The summed E-state index contributed by atoms with van der Waals surface area (Å²) in [6, 6.07) is 11.5. The lowest BCUT2D eigenvalue weighted by molar-refractivity contribution is 0.00578. The minimum absolute atomic E-state index is 0.209. The topological polar surface area (TPSA) is 21.7 Å². The van der Waals surface area contributed by atoms with E-state index in [1.165, 1.54) is 11.0 Å². The number of rotatable bonds is 3. The van der Waals surface area contributed by atoms with Crippen molar-refractivity contribution >= 4 is 7.12 Å². The third kappa shape index (κ3) is 3.33. The molecular formula is C20H30BNO2. The fourth-order valence-electron chi connectivity index (χ4n) is 3.60. The highest BCUT2D eigenvalue weighted by Gasteiger charge is 2.52. The Morgan fingerprint density at radius 1 is 1.04 bits per heavy atom. The van der Waals surface area contributed by atoms with Gasteiger partial charge in [-0.25, -0.2) is 0 Å². The van der Waals surface area contributed by atoms with Crippen LogP contribution in [-0.4, -0.2) is 35.3 Å². The third-order valence-corrected chi connectivity index (χ3v) is 5.84. The third-order valence-electron chi connectivity index (χ3n) is 5.84. The average molecular weight is 327 g/mol. The predicted molar refractivity (Wildman–Crippen MR) is 99.7 cm³/mol. The summed E-state index contributed by atoms with van der Waals surface area (Å²) in [5.41, 5.74) is 2.11. The molecule has 0 N–H and O–H groups in total. The highest BCUT2D eigenvalue weighted by Crippen LogP contribution is 2.40. The van der Waals surface area contributed by atoms with Crippen LogP contribution in [0.3, 0.4) is 0 Å². The van der Waals surface area contributed by atoms with Crippen molar-refractivity contribution in [1.82, 2.24) is 4.90 Å². The van der Waals surface area contributed by atoms with Gasteiger partial charge in [0.25, 0.3) is 0 Å². The van der Waals surface area contributed by atoms with E-state index in [1.54, 1.807) is 0 Å². The molecule has 0 radical (unpaired) electrons. The summed E-state index contributed by atoms with van der Waals surface area (Å²) in [7, 11) is -0.209. The Balaban J connectivity index is 1.74. The molecule has 2 aliphatic rings. The predicted octanol–water partition coefficient (Wildman–Crippen LogP) is 4.23. The maximum absolute atomic E-state index is 6.24. The molecular weight excluding hydrogens is 297 g/mol. The van der Waals surface area contributed by atoms with Crippen LogP contribution in [0.15, 0.2) is 41.9 Å². The van der Waals surface area contributed by atoms with E-state index in [-0.39, 0.29) is 18.3 Å². The van der Waals surface area contributed by atoms with Crippen molar-refractivity contribution in [3.63, 3.8) is 0 Å². The highest BCUT2D eigenvalue weighted by molar-refractivity contribution is 6.54. The van der Waals surface area contributed by atoms with Crippen LogP contribution in [0.4, 0.5) is 0 Å². The monoisotopic (exact) mass is 327 g/mol.